The average Bonchev–Trinajstić information content (AvgIpc) is 1.65. The van der Waals surface area contributed by atoms with Crippen LogP contribution in [0.2, 0.25) is 0 Å². The molecular formula is C3H6BNO3. The van der Waals surface area contributed by atoms with Crippen LogP contribution in [0.5, 0.6) is 0 Å². The van der Waals surface area contributed by atoms with Gasteiger partial charge in [0.15, 0.2) is 5.81 Å². The first kappa shape index (κ1) is 7.00. The zero-order chi connectivity index (χ0) is 6.57. The van der Waals surface area contributed by atoms with Gasteiger partial charge in [0.2, 0.25) is 0 Å². The molecule has 4 nitrogen and oxygen atoms in total. The molecule has 0 aliphatic rings. The van der Waals surface area contributed by atoms with Gasteiger partial charge in [-0.05, 0) is 0 Å². The molecule has 0 aromatic carbocycles. The number of hydrogen-bond acceptors (Lipinski definition) is 3. The molecule has 5 heteroatoms. The maximum absolute atomic E-state index is 10.1. The summed E-state index contributed by atoms with van der Waals surface area (Å²) in [5, 5.41) is 0. The molecule has 0 fully saturated rings. The molecule has 0 bridgehead atoms. The largest absolute Gasteiger partial charge is 0.477 e. The summed E-state index contributed by atoms with van der Waals surface area (Å²) in [6, 6.07) is 0. The van der Waals surface area contributed by atoms with E-state index >= 15 is 0 Å². The Morgan fingerprint density at radius 3 is 2.25 bits per heavy atom. The number of amides is 1. The molecule has 2 N–H and O–H groups in total. The van der Waals surface area contributed by atoms with Crippen molar-refractivity contribution in [3.63, 3.8) is 0 Å². The van der Waals surface area contributed by atoms with Crippen LogP contribution in [0, 0.1) is 0 Å². The number of hydrogen-bond donors (Lipinski definition) is 1. The molecule has 0 saturated heterocycles. The van der Waals surface area contributed by atoms with Gasteiger partial charge in [-0.15, -0.1) is 0 Å². The third-order valence-corrected chi connectivity index (χ3v) is 0.546. The van der Waals surface area contributed by atoms with Gasteiger partial charge in [-0.2, -0.15) is 0 Å². The Morgan fingerprint density at radius 2 is 2.12 bits per heavy atom. The molecule has 0 aliphatic carbocycles. The van der Waals surface area contributed by atoms with Crippen molar-refractivity contribution in [2.75, 3.05) is 7.11 Å². The third-order valence-electron chi connectivity index (χ3n) is 0.546. The smallest absolute Gasteiger partial charge is 0.366 e. The van der Waals surface area contributed by atoms with Crippen molar-refractivity contribution in [1.82, 2.24) is 0 Å². The van der Waals surface area contributed by atoms with Crippen LogP contribution in [-0.2, 0) is 4.74 Å². The number of carbonyl (C=O) groups is 2. The van der Waals surface area contributed by atoms with Crippen LogP contribution in [0.3, 0.4) is 0 Å². The molecule has 1 amide bonds. The van der Waals surface area contributed by atoms with Crippen LogP contribution >= 0.6 is 0 Å². The summed E-state index contributed by atoms with van der Waals surface area (Å²) in [5.74, 6) is -1.27. The van der Waals surface area contributed by atoms with Gasteiger partial charge in [-0.25, -0.2) is 0 Å². The molecule has 0 atom stereocenters. The van der Waals surface area contributed by atoms with E-state index in [4.69, 9.17) is 0 Å². The zero-order valence-electron chi connectivity index (χ0n) is 4.51. The Balaban J connectivity index is 3.40. The minimum atomic E-state index is -0.670. The molecule has 0 heterocycles. The highest BCUT2D eigenvalue weighted by atomic mass is 16.5. The summed E-state index contributed by atoms with van der Waals surface area (Å²) >= 11 is 0. The van der Waals surface area contributed by atoms with E-state index in [0.717, 1.165) is 0 Å². The summed E-state index contributed by atoms with van der Waals surface area (Å²) < 4.78 is 4.12. The Morgan fingerprint density at radius 1 is 1.62 bits per heavy atom. The summed E-state index contributed by atoms with van der Waals surface area (Å²) in [6.45, 7) is 0. The number of primary amides is 1. The Kier molecular flexibility index (Phi) is 2.68. The van der Waals surface area contributed by atoms with Crippen LogP contribution in [0.4, 0.5) is 9.59 Å². The predicted octanol–water partition coefficient (Wildman–Crippen LogP) is -0.732. The van der Waals surface area contributed by atoms with Crippen LogP contribution in [-0.4, -0.2) is 26.1 Å². The minimum absolute atomic E-state index is 0.337. The highest BCUT2D eigenvalue weighted by Crippen LogP contribution is 1.72. The minimum Gasteiger partial charge on any atom is -0.477 e. The van der Waals surface area contributed by atoms with Gasteiger partial charge in [-0.3, -0.25) is 9.59 Å². The molecule has 0 radical (unpaired) electrons. The quantitative estimate of drug-likeness (QED) is 0.482. The molecule has 0 aromatic heterocycles. The molecule has 0 spiro atoms. The lowest BCUT2D eigenvalue weighted by Crippen LogP contribution is -2.25. The fourth-order valence-electron chi connectivity index (χ4n) is 0.214. The van der Waals surface area contributed by atoms with Crippen molar-refractivity contribution >= 4 is 19.0 Å². The maximum atomic E-state index is 10.1. The standard InChI is InChI=1S/C3H6BNO3/c1-8-3(7)4-2(5)6/h4H,1H3,(H2,5,6). The van der Waals surface area contributed by atoms with Crippen LogP contribution in [0.1, 0.15) is 0 Å². The van der Waals surface area contributed by atoms with Gasteiger partial charge in [0.05, 0.1) is 7.11 Å². The molecule has 8 heavy (non-hydrogen) atoms. The van der Waals surface area contributed by atoms with Gasteiger partial charge >= 0.3 is 7.28 Å². The Hall–Kier alpha value is -0.995. The summed E-state index contributed by atoms with van der Waals surface area (Å²) in [4.78, 5) is 20.0. The second-order valence-electron chi connectivity index (χ2n) is 1.22. The average molecular weight is 115 g/mol. The maximum Gasteiger partial charge on any atom is 0.366 e. The molecule has 0 aromatic rings. The number of rotatable bonds is 2. The highest BCUT2D eigenvalue weighted by Gasteiger charge is 2.07. The first-order valence-corrected chi connectivity index (χ1v) is 2.02. The van der Waals surface area contributed by atoms with Crippen molar-refractivity contribution in [2.45, 2.75) is 0 Å². The second-order valence-corrected chi connectivity index (χ2v) is 1.22. The monoisotopic (exact) mass is 115 g/mol. The molecule has 44 valence electrons. The van der Waals surface area contributed by atoms with E-state index in [1.54, 1.807) is 0 Å². The normalized spacial score (nSPS) is 7.62. The fraction of sp³-hybridized carbons (Fsp3) is 0.333. The SMILES string of the molecule is COC(=O)BC(N)=O. The lowest BCUT2D eigenvalue weighted by atomic mass is 9.78. The molecule has 0 aliphatic heterocycles. The van der Waals surface area contributed by atoms with E-state index in [9.17, 15) is 9.59 Å². The predicted molar refractivity (Wildman–Crippen MR) is 29.1 cm³/mol. The Labute approximate surface area is 47.2 Å². The first-order valence-electron chi connectivity index (χ1n) is 2.02. The summed E-state index contributed by atoms with van der Waals surface area (Å²) in [7, 11) is 0.863. The van der Waals surface area contributed by atoms with Gasteiger partial charge in [0, 0.05) is 0 Å². The molecule has 0 rings (SSSR count). The van der Waals surface area contributed by atoms with E-state index in [1.165, 1.54) is 7.11 Å². The highest BCUT2D eigenvalue weighted by molar-refractivity contribution is 6.95. The van der Waals surface area contributed by atoms with Crippen LogP contribution in [0.25, 0.3) is 0 Å². The van der Waals surface area contributed by atoms with Crippen molar-refractivity contribution in [3.8, 4) is 0 Å². The fourth-order valence-corrected chi connectivity index (χ4v) is 0.214. The zero-order valence-corrected chi connectivity index (χ0v) is 4.51. The van der Waals surface area contributed by atoms with Gasteiger partial charge in [0.25, 0.3) is 5.87 Å². The van der Waals surface area contributed by atoms with Gasteiger partial charge in [-0.1, -0.05) is 0 Å². The van der Waals surface area contributed by atoms with E-state index in [0.29, 0.717) is 0 Å². The van der Waals surface area contributed by atoms with Crippen molar-refractivity contribution in [2.24, 2.45) is 5.73 Å². The number of nitrogens with two attached hydrogens (primary N) is 1. The lowest BCUT2D eigenvalue weighted by molar-refractivity contribution is 0.197. The van der Waals surface area contributed by atoms with Crippen molar-refractivity contribution in [1.29, 1.82) is 0 Å². The summed E-state index contributed by atoms with van der Waals surface area (Å²) in [6.07, 6.45) is 0. The lowest BCUT2D eigenvalue weighted by Gasteiger charge is -1.89. The number of ether oxygens (including phenoxy) is 1. The topological polar surface area (TPSA) is 69.4 Å². The second kappa shape index (κ2) is 3.07. The molecular weight excluding hydrogens is 109 g/mol. The van der Waals surface area contributed by atoms with Gasteiger partial charge < -0.3 is 10.5 Å². The van der Waals surface area contributed by atoms with E-state index in [-0.39, 0.29) is 7.28 Å². The number of methoxy groups -OCH3 is 1. The third kappa shape index (κ3) is 3.20. The molecule has 0 unspecified atom stereocenters. The van der Waals surface area contributed by atoms with Crippen LogP contribution in [0.15, 0.2) is 0 Å². The van der Waals surface area contributed by atoms with E-state index in [1.807, 2.05) is 0 Å². The Bertz CT molecular complexity index is 113. The van der Waals surface area contributed by atoms with Crippen molar-refractivity contribution < 1.29 is 14.3 Å². The van der Waals surface area contributed by atoms with E-state index in [2.05, 4.69) is 10.5 Å². The van der Waals surface area contributed by atoms with Crippen LogP contribution < -0.4 is 5.73 Å². The first-order chi connectivity index (χ1) is 3.66. The van der Waals surface area contributed by atoms with E-state index < -0.39 is 11.7 Å². The summed E-state index contributed by atoms with van der Waals surface area (Å²) in [5.41, 5.74) is 4.63. The van der Waals surface area contributed by atoms with Crippen molar-refractivity contribution in [3.05, 3.63) is 0 Å². The van der Waals surface area contributed by atoms with Gasteiger partial charge in [0.1, 0.15) is 0 Å². The number of carbonyl (C=O) groups excluding carboxylic acids is 2. The molecule has 0 saturated carbocycles.